The Bertz CT molecular complexity index is 948. The molecule has 1 aromatic heterocycles. The van der Waals surface area contributed by atoms with Crippen LogP contribution < -0.4 is 4.74 Å². The Labute approximate surface area is 157 Å². The van der Waals surface area contributed by atoms with Crippen LogP contribution in [0.25, 0.3) is 11.6 Å². The van der Waals surface area contributed by atoms with Crippen molar-refractivity contribution in [1.82, 2.24) is 4.98 Å². The third-order valence-electron chi connectivity index (χ3n) is 4.31. The zero-order valence-corrected chi connectivity index (χ0v) is 15.1. The molecule has 1 heterocycles. The van der Waals surface area contributed by atoms with Gasteiger partial charge in [-0.1, -0.05) is 42.5 Å². The summed E-state index contributed by atoms with van der Waals surface area (Å²) in [7, 11) is 0. The molecule has 1 aliphatic carbocycles. The Morgan fingerprint density at radius 2 is 1.92 bits per heavy atom. The summed E-state index contributed by atoms with van der Waals surface area (Å²) < 4.78 is 5.80. The molecule has 0 radical (unpaired) electrons. The Kier molecular flexibility index (Phi) is 4.81. The van der Waals surface area contributed by atoms with Crippen molar-refractivity contribution < 1.29 is 4.74 Å². The smallest absolute Gasteiger partial charge is 0.134 e. The lowest BCUT2D eigenvalue weighted by Gasteiger charge is -2.06. The first-order chi connectivity index (χ1) is 12.8. The maximum atomic E-state index is 9.49. The molecule has 26 heavy (non-hydrogen) atoms. The van der Waals surface area contributed by atoms with E-state index in [1.165, 1.54) is 12.8 Å². The molecule has 128 valence electrons. The van der Waals surface area contributed by atoms with E-state index in [0.717, 1.165) is 27.6 Å². The van der Waals surface area contributed by atoms with Crippen LogP contribution in [0.15, 0.2) is 60.0 Å². The van der Waals surface area contributed by atoms with Crippen molar-refractivity contribution in [3.05, 3.63) is 81.8 Å². The van der Waals surface area contributed by atoms with Crippen LogP contribution in [0.4, 0.5) is 0 Å². The SMILES string of the molecule is N#C/C(=C/c1ccc(OCc2ccccc2)cc1)c1nc(C2CC2)cs1. The predicted molar refractivity (Wildman–Crippen MR) is 105 cm³/mol. The Hall–Kier alpha value is -2.90. The highest BCUT2D eigenvalue weighted by molar-refractivity contribution is 7.11. The molecule has 0 atom stereocenters. The molecule has 0 saturated heterocycles. The van der Waals surface area contributed by atoms with Crippen LogP contribution in [-0.4, -0.2) is 4.98 Å². The van der Waals surface area contributed by atoms with Crippen LogP contribution in [0, 0.1) is 11.3 Å². The lowest BCUT2D eigenvalue weighted by Crippen LogP contribution is -1.94. The molecule has 0 spiro atoms. The lowest BCUT2D eigenvalue weighted by molar-refractivity contribution is 0.306. The van der Waals surface area contributed by atoms with Crippen molar-refractivity contribution >= 4 is 23.0 Å². The third kappa shape index (κ3) is 4.01. The van der Waals surface area contributed by atoms with Gasteiger partial charge in [0.1, 0.15) is 23.4 Å². The molecule has 4 rings (SSSR count). The second-order valence-electron chi connectivity index (χ2n) is 6.36. The maximum Gasteiger partial charge on any atom is 0.134 e. The summed E-state index contributed by atoms with van der Waals surface area (Å²) in [5, 5.41) is 12.4. The molecule has 2 aromatic carbocycles. The van der Waals surface area contributed by atoms with Gasteiger partial charge < -0.3 is 4.74 Å². The molecule has 3 aromatic rings. The minimum atomic E-state index is 0.544. The number of allylic oxidation sites excluding steroid dienone is 1. The van der Waals surface area contributed by atoms with Crippen molar-refractivity contribution in [3.63, 3.8) is 0 Å². The highest BCUT2D eigenvalue weighted by Gasteiger charge is 2.26. The van der Waals surface area contributed by atoms with Gasteiger partial charge in [-0.25, -0.2) is 4.98 Å². The van der Waals surface area contributed by atoms with E-state index in [0.29, 0.717) is 18.1 Å². The summed E-state index contributed by atoms with van der Waals surface area (Å²) in [6.45, 7) is 0.544. The van der Waals surface area contributed by atoms with Gasteiger partial charge in [-0.2, -0.15) is 5.26 Å². The van der Waals surface area contributed by atoms with Gasteiger partial charge in [0.25, 0.3) is 0 Å². The van der Waals surface area contributed by atoms with Gasteiger partial charge in [0, 0.05) is 11.3 Å². The second kappa shape index (κ2) is 7.55. The van der Waals surface area contributed by atoms with E-state index in [9.17, 15) is 5.26 Å². The minimum Gasteiger partial charge on any atom is -0.489 e. The van der Waals surface area contributed by atoms with Gasteiger partial charge in [-0.05, 0) is 42.2 Å². The number of nitrogens with zero attached hydrogens (tertiary/aromatic N) is 2. The van der Waals surface area contributed by atoms with E-state index in [1.807, 2.05) is 60.7 Å². The number of rotatable bonds is 6. The number of benzene rings is 2. The van der Waals surface area contributed by atoms with Crippen molar-refractivity contribution in [1.29, 1.82) is 5.26 Å². The Morgan fingerprint density at radius 1 is 1.15 bits per heavy atom. The van der Waals surface area contributed by atoms with Crippen molar-refractivity contribution in [2.75, 3.05) is 0 Å². The zero-order valence-electron chi connectivity index (χ0n) is 14.3. The molecule has 3 nitrogen and oxygen atoms in total. The summed E-state index contributed by atoms with van der Waals surface area (Å²) in [6, 6.07) is 20.2. The van der Waals surface area contributed by atoms with Gasteiger partial charge in [0.15, 0.2) is 0 Å². The number of thiazole rings is 1. The van der Waals surface area contributed by atoms with Gasteiger partial charge in [0.05, 0.1) is 11.3 Å². The summed E-state index contributed by atoms with van der Waals surface area (Å²) in [5.41, 5.74) is 3.85. The van der Waals surface area contributed by atoms with E-state index in [-0.39, 0.29) is 0 Å². The zero-order chi connectivity index (χ0) is 17.8. The first kappa shape index (κ1) is 16.6. The first-order valence-electron chi connectivity index (χ1n) is 8.66. The van der Waals surface area contributed by atoms with Crippen LogP contribution in [0.1, 0.15) is 40.6 Å². The minimum absolute atomic E-state index is 0.544. The van der Waals surface area contributed by atoms with Crippen molar-refractivity contribution in [3.8, 4) is 11.8 Å². The molecule has 1 aliphatic rings. The van der Waals surface area contributed by atoms with E-state index in [1.54, 1.807) is 11.3 Å². The van der Waals surface area contributed by atoms with Crippen LogP contribution in [0.2, 0.25) is 0 Å². The van der Waals surface area contributed by atoms with Crippen LogP contribution in [-0.2, 0) is 6.61 Å². The van der Waals surface area contributed by atoms with E-state index in [4.69, 9.17) is 4.74 Å². The molecule has 0 aliphatic heterocycles. The Morgan fingerprint density at radius 3 is 2.62 bits per heavy atom. The van der Waals surface area contributed by atoms with Gasteiger partial charge in [0.2, 0.25) is 0 Å². The van der Waals surface area contributed by atoms with Crippen LogP contribution in [0.3, 0.4) is 0 Å². The normalized spacial score (nSPS) is 14.0. The van der Waals surface area contributed by atoms with Crippen molar-refractivity contribution in [2.45, 2.75) is 25.4 Å². The van der Waals surface area contributed by atoms with Crippen molar-refractivity contribution in [2.24, 2.45) is 0 Å². The molecular formula is C22H18N2OS. The van der Waals surface area contributed by atoms with Crippen LogP contribution in [0.5, 0.6) is 5.75 Å². The first-order valence-corrected chi connectivity index (χ1v) is 9.54. The Balaban J connectivity index is 1.44. The number of nitriles is 1. The molecule has 0 bridgehead atoms. The quantitative estimate of drug-likeness (QED) is 0.534. The molecule has 4 heteroatoms. The summed E-state index contributed by atoms with van der Waals surface area (Å²) >= 11 is 1.55. The van der Waals surface area contributed by atoms with E-state index >= 15 is 0 Å². The lowest BCUT2D eigenvalue weighted by atomic mass is 10.1. The number of aromatic nitrogens is 1. The van der Waals surface area contributed by atoms with Gasteiger partial charge in [-0.15, -0.1) is 11.3 Å². The topological polar surface area (TPSA) is 45.9 Å². The molecule has 1 fully saturated rings. The van der Waals surface area contributed by atoms with Crippen LogP contribution >= 0.6 is 11.3 Å². The molecule has 0 unspecified atom stereocenters. The van der Waals surface area contributed by atoms with Gasteiger partial charge in [-0.3, -0.25) is 0 Å². The summed E-state index contributed by atoms with van der Waals surface area (Å²) in [5.74, 6) is 1.43. The molecule has 0 N–H and O–H groups in total. The fourth-order valence-corrected chi connectivity index (χ4v) is 3.55. The monoisotopic (exact) mass is 358 g/mol. The van der Waals surface area contributed by atoms with Gasteiger partial charge >= 0.3 is 0 Å². The third-order valence-corrected chi connectivity index (χ3v) is 5.20. The number of hydrogen-bond donors (Lipinski definition) is 0. The average Bonchev–Trinajstić information content (AvgIpc) is 3.43. The maximum absolute atomic E-state index is 9.49. The average molecular weight is 358 g/mol. The van der Waals surface area contributed by atoms with E-state index in [2.05, 4.69) is 16.4 Å². The fourth-order valence-electron chi connectivity index (χ4n) is 2.69. The molecular weight excluding hydrogens is 340 g/mol. The highest BCUT2D eigenvalue weighted by atomic mass is 32.1. The second-order valence-corrected chi connectivity index (χ2v) is 7.22. The summed E-state index contributed by atoms with van der Waals surface area (Å²) in [6.07, 6.45) is 4.33. The molecule has 1 saturated carbocycles. The number of hydrogen-bond acceptors (Lipinski definition) is 4. The fraction of sp³-hybridized carbons (Fsp3) is 0.182. The summed E-state index contributed by atoms with van der Waals surface area (Å²) in [4.78, 5) is 4.62. The van der Waals surface area contributed by atoms with E-state index < -0.39 is 0 Å². The largest absolute Gasteiger partial charge is 0.489 e. The highest BCUT2D eigenvalue weighted by Crippen LogP contribution is 2.40. The predicted octanol–water partition coefficient (Wildman–Crippen LogP) is 5.66. The number of ether oxygens (including phenoxy) is 1. The standard InChI is InChI=1S/C22H18N2OS/c23-13-19(22-24-21(15-26-22)18-8-9-18)12-16-6-10-20(11-7-16)25-14-17-4-2-1-3-5-17/h1-7,10-12,15,18H,8-9,14H2/b19-12-. The molecule has 0 amide bonds.